The lowest BCUT2D eigenvalue weighted by molar-refractivity contribution is 0.474. The highest BCUT2D eigenvalue weighted by Crippen LogP contribution is 2.30. The first-order valence-electron chi connectivity index (χ1n) is 8.85. The summed E-state index contributed by atoms with van der Waals surface area (Å²) in [6, 6.07) is 15.5. The summed E-state index contributed by atoms with van der Waals surface area (Å²) in [6.45, 7) is 2.25. The van der Waals surface area contributed by atoms with Crippen molar-refractivity contribution in [3.05, 3.63) is 54.1 Å². The van der Waals surface area contributed by atoms with Crippen LogP contribution in [0.1, 0.15) is 51.0 Å². The van der Waals surface area contributed by atoms with Gasteiger partial charge in [0, 0.05) is 16.7 Å². The van der Waals surface area contributed by atoms with Crippen LogP contribution in [0.15, 0.2) is 58.4 Å². The zero-order chi connectivity index (χ0) is 17.0. The first-order valence-corrected chi connectivity index (χ1v) is 9.83. The van der Waals surface area contributed by atoms with Crippen LogP contribution in [-0.2, 0) is 0 Å². The molecule has 0 heterocycles. The Kier molecular flexibility index (Phi) is 8.47. The predicted molar refractivity (Wildman–Crippen MR) is 106 cm³/mol. The molecule has 3 heteroatoms. The van der Waals surface area contributed by atoms with Gasteiger partial charge in [-0.15, -0.1) is 11.8 Å². The number of aromatic hydroxyl groups is 1. The van der Waals surface area contributed by atoms with E-state index in [0.29, 0.717) is 0 Å². The molecule has 128 valence electrons. The molecule has 0 aliphatic rings. The van der Waals surface area contributed by atoms with Crippen molar-refractivity contribution in [1.82, 2.24) is 0 Å². The molecule has 2 aromatic carbocycles. The third-order valence-electron chi connectivity index (χ3n) is 3.90. The van der Waals surface area contributed by atoms with Crippen LogP contribution < -0.4 is 0 Å². The van der Waals surface area contributed by atoms with Gasteiger partial charge in [-0.1, -0.05) is 63.3 Å². The maximum Gasteiger partial charge on any atom is 0.124 e. The van der Waals surface area contributed by atoms with Crippen molar-refractivity contribution in [2.45, 2.75) is 50.3 Å². The number of rotatable bonds is 10. The lowest BCUT2D eigenvalue weighted by Gasteiger charge is -2.05. The number of unbranched alkanes of at least 4 members (excludes halogenated alkanes) is 5. The minimum absolute atomic E-state index is 0.262. The van der Waals surface area contributed by atoms with Gasteiger partial charge in [-0.2, -0.15) is 0 Å². The monoisotopic (exact) mass is 341 g/mol. The molecule has 1 N–H and O–H groups in total. The van der Waals surface area contributed by atoms with Crippen molar-refractivity contribution in [2.24, 2.45) is 4.99 Å². The molecule has 0 bridgehead atoms. The molecule has 2 aromatic rings. The molecular formula is C21H27NOS. The standard InChI is InChI=1S/C21H27NOS/c1-2-3-4-5-6-11-16-24-21-15-10-8-13-19(21)22-17-18-12-7-9-14-20(18)23/h7-10,12-15,17,23H,2-6,11,16H2,1H3. The van der Waals surface area contributed by atoms with E-state index in [1.807, 2.05) is 42.1 Å². The SMILES string of the molecule is CCCCCCCCSc1ccccc1N=Cc1ccccc1O. The number of para-hydroxylation sites is 2. The van der Waals surface area contributed by atoms with E-state index in [2.05, 4.69) is 24.0 Å². The summed E-state index contributed by atoms with van der Waals surface area (Å²) in [6.07, 6.45) is 9.68. The molecule has 0 aromatic heterocycles. The number of hydrogen-bond acceptors (Lipinski definition) is 3. The zero-order valence-corrected chi connectivity index (χ0v) is 15.3. The summed E-state index contributed by atoms with van der Waals surface area (Å²) < 4.78 is 0. The lowest BCUT2D eigenvalue weighted by Crippen LogP contribution is -1.84. The maximum absolute atomic E-state index is 9.82. The Morgan fingerprint density at radius 3 is 2.46 bits per heavy atom. The minimum Gasteiger partial charge on any atom is -0.507 e. The second-order valence-corrected chi connectivity index (χ2v) is 7.04. The van der Waals surface area contributed by atoms with E-state index >= 15 is 0 Å². The number of phenols is 1. The molecule has 24 heavy (non-hydrogen) atoms. The molecule has 2 rings (SSSR count). The van der Waals surface area contributed by atoms with Crippen molar-refractivity contribution < 1.29 is 5.11 Å². The van der Waals surface area contributed by atoms with E-state index in [-0.39, 0.29) is 5.75 Å². The highest BCUT2D eigenvalue weighted by Gasteiger charge is 2.02. The highest BCUT2D eigenvalue weighted by molar-refractivity contribution is 7.99. The van der Waals surface area contributed by atoms with Crippen LogP contribution in [0.5, 0.6) is 5.75 Å². The average molecular weight is 342 g/mol. The summed E-state index contributed by atoms with van der Waals surface area (Å²) >= 11 is 1.87. The maximum atomic E-state index is 9.82. The van der Waals surface area contributed by atoms with Crippen LogP contribution in [0.2, 0.25) is 0 Å². The third kappa shape index (κ3) is 6.40. The number of hydrogen-bond donors (Lipinski definition) is 1. The fourth-order valence-corrected chi connectivity index (χ4v) is 3.50. The highest BCUT2D eigenvalue weighted by atomic mass is 32.2. The van der Waals surface area contributed by atoms with Crippen molar-refractivity contribution in [3.8, 4) is 5.75 Å². The number of thioether (sulfide) groups is 1. The van der Waals surface area contributed by atoms with Crippen LogP contribution in [-0.4, -0.2) is 17.1 Å². The molecular weight excluding hydrogens is 314 g/mol. The molecule has 2 nitrogen and oxygen atoms in total. The fourth-order valence-electron chi connectivity index (χ4n) is 2.49. The van der Waals surface area contributed by atoms with Gasteiger partial charge >= 0.3 is 0 Å². The van der Waals surface area contributed by atoms with Gasteiger partial charge in [0.05, 0.1) is 5.69 Å². The Bertz CT molecular complexity index is 639. The topological polar surface area (TPSA) is 32.6 Å². The second kappa shape index (κ2) is 10.9. The normalized spacial score (nSPS) is 11.2. The van der Waals surface area contributed by atoms with Gasteiger partial charge in [0.1, 0.15) is 5.75 Å². The van der Waals surface area contributed by atoms with Gasteiger partial charge in [0.2, 0.25) is 0 Å². The van der Waals surface area contributed by atoms with Crippen LogP contribution in [0.3, 0.4) is 0 Å². The third-order valence-corrected chi connectivity index (χ3v) is 5.05. The van der Waals surface area contributed by atoms with Gasteiger partial charge in [0.15, 0.2) is 0 Å². The molecule has 0 spiro atoms. The van der Waals surface area contributed by atoms with Crippen LogP contribution in [0, 0.1) is 0 Å². The average Bonchev–Trinajstić information content (AvgIpc) is 2.61. The first kappa shape index (κ1) is 18.6. The van der Waals surface area contributed by atoms with E-state index in [1.165, 1.54) is 43.4 Å². The lowest BCUT2D eigenvalue weighted by atomic mass is 10.1. The van der Waals surface area contributed by atoms with E-state index in [9.17, 15) is 5.11 Å². The van der Waals surface area contributed by atoms with Crippen LogP contribution >= 0.6 is 11.8 Å². The van der Waals surface area contributed by atoms with E-state index in [4.69, 9.17) is 0 Å². The Hall–Kier alpha value is -1.74. The largest absolute Gasteiger partial charge is 0.507 e. The smallest absolute Gasteiger partial charge is 0.124 e. The van der Waals surface area contributed by atoms with Crippen molar-refractivity contribution in [1.29, 1.82) is 0 Å². The summed E-state index contributed by atoms with van der Waals surface area (Å²) in [5.41, 5.74) is 1.71. The molecule has 0 amide bonds. The second-order valence-electron chi connectivity index (χ2n) is 5.90. The van der Waals surface area contributed by atoms with Gasteiger partial charge in [-0.25, -0.2) is 0 Å². The first-order chi connectivity index (χ1) is 11.8. The zero-order valence-electron chi connectivity index (χ0n) is 14.4. The minimum atomic E-state index is 0.262. The van der Waals surface area contributed by atoms with E-state index in [1.54, 1.807) is 12.3 Å². The summed E-state index contributed by atoms with van der Waals surface area (Å²) in [7, 11) is 0. The Morgan fingerprint density at radius 1 is 0.917 bits per heavy atom. The molecule has 0 saturated heterocycles. The molecule has 0 aliphatic carbocycles. The number of benzene rings is 2. The summed E-state index contributed by atoms with van der Waals surface area (Å²) in [5.74, 6) is 1.40. The van der Waals surface area contributed by atoms with Gasteiger partial charge in [0.25, 0.3) is 0 Å². The molecule has 0 fully saturated rings. The molecule has 0 aliphatic heterocycles. The summed E-state index contributed by atoms with van der Waals surface area (Å²) in [5, 5.41) is 9.82. The van der Waals surface area contributed by atoms with Crippen molar-refractivity contribution in [2.75, 3.05) is 5.75 Å². The number of phenolic OH excluding ortho intramolecular Hbond substituents is 1. The molecule has 0 radical (unpaired) electrons. The van der Waals surface area contributed by atoms with Crippen LogP contribution in [0.25, 0.3) is 0 Å². The number of nitrogens with zero attached hydrogens (tertiary/aromatic N) is 1. The molecule has 0 atom stereocenters. The van der Waals surface area contributed by atoms with Crippen LogP contribution in [0.4, 0.5) is 5.69 Å². The van der Waals surface area contributed by atoms with Gasteiger partial charge in [-0.05, 0) is 36.4 Å². The van der Waals surface area contributed by atoms with E-state index in [0.717, 1.165) is 17.0 Å². The van der Waals surface area contributed by atoms with Gasteiger partial charge in [-0.3, -0.25) is 4.99 Å². The summed E-state index contributed by atoms with van der Waals surface area (Å²) in [4.78, 5) is 5.78. The molecule has 0 saturated carbocycles. The Labute approximate surface area is 150 Å². The quantitative estimate of drug-likeness (QED) is 0.300. The number of aliphatic imine (C=N–C) groups is 1. The van der Waals surface area contributed by atoms with Gasteiger partial charge < -0.3 is 5.11 Å². The molecule has 0 unspecified atom stereocenters. The van der Waals surface area contributed by atoms with E-state index < -0.39 is 0 Å². The fraction of sp³-hybridized carbons (Fsp3) is 0.381. The predicted octanol–water partition coefficient (Wildman–Crippen LogP) is 6.60. The Balaban J connectivity index is 1.87. The van der Waals surface area contributed by atoms with Crippen molar-refractivity contribution >= 4 is 23.7 Å². The Morgan fingerprint density at radius 2 is 1.62 bits per heavy atom. The van der Waals surface area contributed by atoms with Crippen molar-refractivity contribution in [3.63, 3.8) is 0 Å².